The molecular weight excluding hydrogens is 245 g/mol. The summed E-state index contributed by atoms with van der Waals surface area (Å²) in [5.74, 6) is 0.392. The summed E-state index contributed by atoms with van der Waals surface area (Å²) in [5, 5.41) is 9.32. The Balaban J connectivity index is 2.40. The molecule has 2 aromatic carbocycles. The van der Waals surface area contributed by atoms with Crippen molar-refractivity contribution in [3.05, 3.63) is 53.8 Å². The average Bonchev–Trinajstić information content (AvgIpc) is 2.46. The maximum absolute atomic E-state index is 13.2. The number of hydrogen-bond donors (Lipinski definition) is 1. The van der Waals surface area contributed by atoms with Gasteiger partial charge < -0.3 is 14.7 Å². The zero-order valence-corrected chi connectivity index (χ0v) is 10.9. The van der Waals surface area contributed by atoms with Crippen LogP contribution in [-0.4, -0.2) is 19.3 Å². The first-order chi connectivity index (χ1) is 9.15. The predicted octanol–water partition coefficient (Wildman–Crippen LogP) is 3.09. The molecule has 3 nitrogen and oxygen atoms in total. The maximum Gasteiger partial charge on any atom is 0.123 e. The first kappa shape index (κ1) is 13.4. The summed E-state index contributed by atoms with van der Waals surface area (Å²) in [6, 6.07) is 11.9. The summed E-state index contributed by atoms with van der Waals surface area (Å²) in [5.41, 5.74) is 2.21. The van der Waals surface area contributed by atoms with Gasteiger partial charge in [-0.1, -0.05) is 6.07 Å². The van der Waals surface area contributed by atoms with Gasteiger partial charge in [0.15, 0.2) is 0 Å². The molecule has 0 saturated heterocycles. The highest BCUT2D eigenvalue weighted by molar-refractivity contribution is 5.66. The Hall–Kier alpha value is -2.07. The number of anilines is 2. The van der Waals surface area contributed by atoms with Crippen molar-refractivity contribution in [1.29, 1.82) is 0 Å². The van der Waals surface area contributed by atoms with Crippen molar-refractivity contribution in [3.8, 4) is 5.75 Å². The van der Waals surface area contributed by atoms with Gasteiger partial charge in [-0.3, -0.25) is 0 Å². The van der Waals surface area contributed by atoms with E-state index in [1.54, 1.807) is 13.2 Å². The number of methoxy groups -OCH3 is 1. The molecule has 0 spiro atoms. The van der Waals surface area contributed by atoms with Crippen molar-refractivity contribution in [2.24, 2.45) is 0 Å². The molecule has 100 valence electrons. The van der Waals surface area contributed by atoms with E-state index in [-0.39, 0.29) is 12.4 Å². The van der Waals surface area contributed by atoms with Crippen LogP contribution in [0.1, 0.15) is 5.56 Å². The molecule has 0 heterocycles. The second-order valence-electron chi connectivity index (χ2n) is 4.19. The zero-order chi connectivity index (χ0) is 13.8. The third-order valence-corrected chi connectivity index (χ3v) is 3.01. The number of halogens is 1. The van der Waals surface area contributed by atoms with E-state index in [1.165, 1.54) is 12.1 Å². The molecule has 19 heavy (non-hydrogen) atoms. The Bertz CT molecular complexity index is 572. The summed E-state index contributed by atoms with van der Waals surface area (Å²) >= 11 is 0. The molecule has 0 radical (unpaired) electrons. The predicted molar refractivity (Wildman–Crippen MR) is 73.4 cm³/mol. The molecule has 2 aromatic rings. The number of benzene rings is 2. The van der Waals surface area contributed by atoms with Crippen LogP contribution in [0.25, 0.3) is 0 Å². The highest BCUT2D eigenvalue weighted by Crippen LogP contribution is 2.29. The molecule has 0 atom stereocenters. The van der Waals surface area contributed by atoms with Crippen molar-refractivity contribution in [2.45, 2.75) is 6.61 Å². The molecule has 0 aromatic heterocycles. The Morgan fingerprint density at radius 3 is 2.68 bits per heavy atom. The standard InChI is InChI=1S/C15H16FNO2/c1-17(13-4-3-5-14(9-13)19-2)15-7-6-12(16)8-11(15)10-18/h3-9,18H,10H2,1-2H3. The molecule has 0 bridgehead atoms. The van der Waals surface area contributed by atoms with Crippen molar-refractivity contribution in [1.82, 2.24) is 0 Å². The minimum atomic E-state index is -0.355. The van der Waals surface area contributed by atoms with E-state index in [1.807, 2.05) is 36.2 Å². The van der Waals surface area contributed by atoms with Crippen molar-refractivity contribution < 1.29 is 14.2 Å². The number of rotatable bonds is 4. The topological polar surface area (TPSA) is 32.7 Å². The second-order valence-corrected chi connectivity index (χ2v) is 4.19. The molecule has 0 unspecified atom stereocenters. The van der Waals surface area contributed by atoms with Gasteiger partial charge in [-0.2, -0.15) is 0 Å². The summed E-state index contributed by atoms with van der Waals surface area (Å²) in [6.07, 6.45) is 0. The van der Waals surface area contributed by atoms with Crippen LogP contribution in [0.15, 0.2) is 42.5 Å². The lowest BCUT2D eigenvalue weighted by Crippen LogP contribution is -2.12. The number of hydrogen-bond acceptors (Lipinski definition) is 3. The summed E-state index contributed by atoms with van der Waals surface area (Å²) < 4.78 is 18.3. The van der Waals surface area contributed by atoms with E-state index in [0.717, 1.165) is 17.1 Å². The van der Waals surface area contributed by atoms with E-state index in [0.29, 0.717) is 5.56 Å². The van der Waals surface area contributed by atoms with Gasteiger partial charge in [0.1, 0.15) is 11.6 Å². The van der Waals surface area contributed by atoms with Crippen LogP contribution in [0.3, 0.4) is 0 Å². The minimum Gasteiger partial charge on any atom is -0.497 e. The summed E-state index contributed by atoms with van der Waals surface area (Å²) in [4.78, 5) is 1.88. The van der Waals surface area contributed by atoms with E-state index in [9.17, 15) is 9.50 Å². The van der Waals surface area contributed by atoms with Gasteiger partial charge in [0.2, 0.25) is 0 Å². The lowest BCUT2D eigenvalue weighted by molar-refractivity contribution is 0.281. The molecule has 0 aliphatic rings. The largest absolute Gasteiger partial charge is 0.497 e. The first-order valence-electron chi connectivity index (χ1n) is 5.92. The smallest absolute Gasteiger partial charge is 0.123 e. The Kier molecular flexibility index (Phi) is 4.02. The van der Waals surface area contributed by atoms with Crippen LogP contribution >= 0.6 is 0 Å². The molecule has 1 N–H and O–H groups in total. The van der Waals surface area contributed by atoms with Crippen molar-refractivity contribution >= 4 is 11.4 Å². The zero-order valence-electron chi connectivity index (χ0n) is 10.9. The summed E-state index contributed by atoms with van der Waals surface area (Å²) in [6.45, 7) is -0.207. The fourth-order valence-corrected chi connectivity index (χ4v) is 1.97. The Morgan fingerprint density at radius 1 is 1.21 bits per heavy atom. The molecule has 0 saturated carbocycles. The molecule has 4 heteroatoms. The first-order valence-corrected chi connectivity index (χ1v) is 5.92. The number of ether oxygens (including phenoxy) is 1. The quantitative estimate of drug-likeness (QED) is 0.918. The van der Waals surface area contributed by atoms with Crippen LogP contribution in [0, 0.1) is 5.82 Å². The molecule has 0 aliphatic carbocycles. The van der Waals surface area contributed by atoms with Gasteiger partial charge >= 0.3 is 0 Å². The van der Waals surface area contributed by atoms with Crippen LogP contribution in [-0.2, 0) is 6.61 Å². The highest BCUT2D eigenvalue weighted by Gasteiger charge is 2.10. The normalized spacial score (nSPS) is 10.3. The van der Waals surface area contributed by atoms with Crippen LogP contribution < -0.4 is 9.64 Å². The van der Waals surface area contributed by atoms with E-state index in [2.05, 4.69) is 0 Å². The monoisotopic (exact) mass is 261 g/mol. The van der Waals surface area contributed by atoms with Gasteiger partial charge in [-0.15, -0.1) is 0 Å². The van der Waals surface area contributed by atoms with Crippen LogP contribution in [0.2, 0.25) is 0 Å². The van der Waals surface area contributed by atoms with Gasteiger partial charge in [-0.05, 0) is 30.3 Å². The fourth-order valence-electron chi connectivity index (χ4n) is 1.97. The summed E-state index contributed by atoms with van der Waals surface area (Å²) in [7, 11) is 3.47. The lowest BCUT2D eigenvalue weighted by atomic mass is 10.1. The van der Waals surface area contributed by atoms with Gasteiger partial charge in [0.25, 0.3) is 0 Å². The molecule has 0 aliphatic heterocycles. The molecule has 2 rings (SSSR count). The maximum atomic E-state index is 13.2. The van der Waals surface area contributed by atoms with Crippen molar-refractivity contribution in [2.75, 3.05) is 19.1 Å². The molecular formula is C15H16FNO2. The fraction of sp³-hybridized carbons (Fsp3) is 0.200. The minimum absolute atomic E-state index is 0.207. The van der Waals surface area contributed by atoms with Crippen molar-refractivity contribution in [3.63, 3.8) is 0 Å². The molecule has 0 fully saturated rings. The third-order valence-electron chi connectivity index (χ3n) is 3.01. The van der Waals surface area contributed by atoms with E-state index >= 15 is 0 Å². The number of aliphatic hydroxyl groups excluding tert-OH is 1. The van der Waals surface area contributed by atoms with Gasteiger partial charge in [0.05, 0.1) is 13.7 Å². The second kappa shape index (κ2) is 5.71. The van der Waals surface area contributed by atoms with Crippen LogP contribution in [0.4, 0.5) is 15.8 Å². The Labute approximate surface area is 111 Å². The molecule has 0 amide bonds. The SMILES string of the molecule is COc1cccc(N(C)c2ccc(F)cc2CO)c1. The highest BCUT2D eigenvalue weighted by atomic mass is 19.1. The van der Waals surface area contributed by atoms with Crippen LogP contribution in [0.5, 0.6) is 5.75 Å². The Morgan fingerprint density at radius 2 is 2.00 bits per heavy atom. The third kappa shape index (κ3) is 2.85. The lowest BCUT2D eigenvalue weighted by Gasteiger charge is -2.22. The average molecular weight is 261 g/mol. The van der Waals surface area contributed by atoms with E-state index < -0.39 is 0 Å². The number of nitrogens with zero attached hydrogens (tertiary/aromatic N) is 1. The van der Waals surface area contributed by atoms with E-state index in [4.69, 9.17) is 4.74 Å². The van der Waals surface area contributed by atoms with Gasteiger partial charge in [-0.25, -0.2) is 4.39 Å². The van der Waals surface area contributed by atoms with Gasteiger partial charge in [0, 0.05) is 30.1 Å². The number of aliphatic hydroxyl groups is 1.